The lowest BCUT2D eigenvalue weighted by atomic mass is 9.83. The van der Waals surface area contributed by atoms with Gasteiger partial charge in [-0.1, -0.05) is 13.3 Å². The van der Waals surface area contributed by atoms with Crippen LogP contribution in [0.2, 0.25) is 0 Å². The van der Waals surface area contributed by atoms with Crippen LogP contribution in [-0.4, -0.2) is 0 Å². The Bertz CT molecular complexity index is 246. The van der Waals surface area contributed by atoms with Crippen molar-refractivity contribution < 1.29 is 0 Å². The Labute approximate surface area is 86.5 Å². The van der Waals surface area contributed by atoms with Gasteiger partial charge in [-0.3, -0.25) is 0 Å². The third kappa shape index (κ3) is 2.48. The molecule has 14 heavy (non-hydrogen) atoms. The van der Waals surface area contributed by atoms with Crippen LogP contribution in [-0.2, 0) is 0 Å². The molecule has 1 aliphatic carbocycles. The standard InChI is InChI=1S/C12H18N2/c1-2-10-5-6-11(7-9-14)12(10)4-3-8-13/h10-12H,2-7H2,1H3. The lowest BCUT2D eigenvalue weighted by molar-refractivity contribution is 0.290. The van der Waals surface area contributed by atoms with Crippen LogP contribution in [0.15, 0.2) is 0 Å². The molecule has 0 saturated heterocycles. The van der Waals surface area contributed by atoms with E-state index in [0.29, 0.717) is 24.7 Å². The molecule has 0 bridgehead atoms. The van der Waals surface area contributed by atoms with Crippen LogP contribution in [0.4, 0.5) is 0 Å². The van der Waals surface area contributed by atoms with E-state index in [1.54, 1.807) is 0 Å². The summed E-state index contributed by atoms with van der Waals surface area (Å²) in [5.41, 5.74) is 0. The van der Waals surface area contributed by atoms with Crippen molar-refractivity contribution in [2.24, 2.45) is 17.8 Å². The molecule has 0 aliphatic heterocycles. The summed E-state index contributed by atoms with van der Waals surface area (Å²) in [6.45, 7) is 2.22. The zero-order valence-corrected chi connectivity index (χ0v) is 8.87. The number of hydrogen-bond donors (Lipinski definition) is 0. The van der Waals surface area contributed by atoms with E-state index in [4.69, 9.17) is 10.5 Å². The van der Waals surface area contributed by atoms with Crippen molar-refractivity contribution in [2.75, 3.05) is 0 Å². The molecule has 0 radical (unpaired) electrons. The first kappa shape index (κ1) is 11.1. The molecular weight excluding hydrogens is 172 g/mol. The zero-order chi connectivity index (χ0) is 10.4. The van der Waals surface area contributed by atoms with Crippen LogP contribution in [0.5, 0.6) is 0 Å². The lowest BCUT2D eigenvalue weighted by Gasteiger charge is -2.21. The molecule has 76 valence electrons. The Balaban J connectivity index is 2.52. The van der Waals surface area contributed by atoms with E-state index < -0.39 is 0 Å². The third-order valence-corrected chi connectivity index (χ3v) is 3.59. The fourth-order valence-corrected chi connectivity index (χ4v) is 2.82. The quantitative estimate of drug-likeness (QED) is 0.683. The van der Waals surface area contributed by atoms with Crippen molar-refractivity contribution in [3.05, 3.63) is 0 Å². The Morgan fingerprint density at radius 2 is 1.86 bits per heavy atom. The number of nitriles is 2. The summed E-state index contributed by atoms with van der Waals surface area (Å²) in [7, 11) is 0. The van der Waals surface area contributed by atoms with E-state index in [1.807, 2.05) is 0 Å². The van der Waals surface area contributed by atoms with E-state index >= 15 is 0 Å². The fraction of sp³-hybridized carbons (Fsp3) is 0.833. The molecule has 2 heteroatoms. The minimum Gasteiger partial charge on any atom is -0.198 e. The van der Waals surface area contributed by atoms with Crippen LogP contribution in [0.3, 0.4) is 0 Å². The molecule has 2 nitrogen and oxygen atoms in total. The summed E-state index contributed by atoms with van der Waals surface area (Å²) < 4.78 is 0. The van der Waals surface area contributed by atoms with Crippen molar-refractivity contribution >= 4 is 0 Å². The molecule has 1 aliphatic rings. The van der Waals surface area contributed by atoms with Crippen LogP contribution >= 0.6 is 0 Å². The van der Waals surface area contributed by atoms with Crippen LogP contribution in [0.25, 0.3) is 0 Å². The molecule has 0 amide bonds. The third-order valence-electron chi connectivity index (χ3n) is 3.59. The summed E-state index contributed by atoms with van der Waals surface area (Å²) in [4.78, 5) is 0. The number of nitrogens with zero attached hydrogens (tertiary/aromatic N) is 2. The van der Waals surface area contributed by atoms with Gasteiger partial charge in [-0.25, -0.2) is 0 Å². The molecule has 0 heterocycles. The second-order valence-electron chi connectivity index (χ2n) is 4.23. The topological polar surface area (TPSA) is 47.6 Å². The van der Waals surface area contributed by atoms with Crippen molar-refractivity contribution in [2.45, 2.75) is 45.4 Å². The van der Waals surface area contributed by atoms with Gasteiger partial charge >= 0.3 is 0 Å². The first-order chi connectivity index (χ1) is 6.83. The Kier molecular flexibility index (Phi) is 4.47. The summed E-state index contributed by atoms with van der Waals surface area (Å²) in [5.74, 6) is 1.97. The van der Waals surface area contributed by atoms with E-state index in [2.05, 4.69) is 19.1 Å². The lowest BCUT2D eigenvalue weighted by Crippen LogP contribution is -2.14. The maximum atomic E-state index is 8.71. The maximum absolute atomic E-state index is 8.71. The molecule has 0 aromatic rings. The van der Waals surface area contributed by atoms with Crippen LogP contribution < -0.4 is 0 Å². The number of rotatable bonds is 4. The Hall–Kier alpha value is -1.02. The maximum Gasteiger partial charge on any atom is 0.0624 e. The smallest absolute Gasteiger partial charge is 0.0624 e. The van der Waals surface area contributed by atoms with Crippen molar-refractivity contribution in [3.63, 3.8) is 0 Å². The summed E-state index contributed by atoms with van der Waals surface area (Å²) in [5, 5.41) is 17.3. The van der Waals surface area contributed by atoms with Crippen molar-refractivity contribution in [1.29, 1.82) is 10.5 Å². The van der Waals surface area contributed by atoms with Gasteiger partial charge < -0.3 is 0 Å². The van der Waals surface area contributed by atoms with Crippen molar-refractivity contribution in [1.82, 2.24) is 0 Å². The van der Waals surface area contributed by atoms with Gasteiger partial charge in [-0.05, 0) is 37.0 Å². The highest BCUT2D eigenvalue weighted by molar-refractivity contribution is 4.90. The monoisotopic (exact) mass is 190 g/mol. The molecule has 1 fully saturated rings. The fourth-order valence-electron chi connectivity index (χ4n) is 2.82. The largest absolute Gasteiger partial charge is 0.198 e. The summed E-state index contributed by atoms with van der Waals surface area (Å²) >= 11 is 0. The Morgan fingerprint density at radius 1 is 1.14 bits per heavy atom. The molecule has 0 aromatic heterocycles. The zero-order valence-electron chi connectivity index (χ0n) is 8.87. The van der Waals surface area contributed by atoms with Gasteiger partial charge in [0.05, 0.1) is 12.1 Å². The van der Waals surface area contributed by atoms with E-state index in [9.17, 15) is 0 Å². The van der Waals surface area contributed by atoms with Gasteiger partial charge in [-0.2, -0.15) is 10.5 Å². The van der Waals surface area contributed by atoms with Gasteiger partial charge in [0.15, 0.2) is 0 Å². The van der Waals surface area contributed by atoms with Gasteiger partial charge in [0.25, 0.3) is 0 Å². The van der Waals surface area contributed by atoms with Gasteiger partial charge in [0, 0.05) is 12.8 Å². The van der Waals surface area contributed by atoms with Crippen molar-refractivity contribution in [3.8, 4) is 12.1 Å². The molecule has 0 aromatic carbocycles. The van der Waals surface area contributed by atoms with E-state index in [-0.39, 0.29) is 0 Å². The first-order valence-corrected chi connectivity index (χ1v) is 5.57. The molecule has 0 N–H and O–H groups in total. The molecule has 3 unspecified atom stereocenters. The van der Waals surface area contributed by atoms with Gasteiger partial charge in [0.1, 0.15) is 0 Å². The normalized spacial score (nSPS) is 30.9. The van der Waals surface area contributed by atoms with E-state index in [0.717, 1.165) is 12.3 Å². The minimum atomic E-state index is 0.568. The van der Waals surface area contributed by atoms with Crippen LogP contribution in [0, 0.1) is 40.4 Å². The predicted octanol–water partition coefficient (Wildman–Crippen LogP) is 3.26. The van der Waals surface area contributed by atoms with Gasteiger partial charge in [-0.15, -0.1) is 0 Å². The highest BCUT2D eigenvalue weighted by atomic mass is 14.4. The second-order valence-corrected chi connectivity index (χ2v) is 4.23. The highest BCUT2D eigenvalue weighted by Crippen LogP contribution is 2.42. The average Bonchev–Trinajstić information content (AvgIpc) is 2.58. The van der Waals surface area contributed by atoms with Gasteiger partial charge in [0.2, 0.25) is 0 Å². The average molecular weight is 190 g/mol. The molecule has 1 saturated carbocycles. The predicted molar refractivity (Wildman–Crippen MR) is 55.1 cm³/mol. The SMILES string of the molecule is CCC1CCC(CC#N)C1CCC#N. The first-order valence-electron chi connectivity index (χ1n) is 5.57. The summed E-state index contributed by atoms with van der Waals surface area (Å²) in [6.07, 6.45) is 6.01. The second kappa shape index (κ2) is 5.66. The summed E-state index contributed by atoms with van der Waals surface area (Å²) in [6, 6.07) is 4.50. The minimum absolute atomic E-state index is 0.568. The molecule has 0 spiro atoms. The molecule has 3 atom stereocenters. The van der Waals surface area contributed by atoms with E-state index in [1.165, 1.54) is 19.3 Å². The Morgan fingerprint density at radius 3 is 2.43 bits per heavy atom. The highest BCUT2D eigenvalue weighted by Gasteiger charge is 2.33. The molecular formula is C12H18N2. The number of hydrogen-bond acceptors (Lipinski definition) is 2. The van der Waals surface area contributed by atoms with Crippen LogP contribution in [0.1, 0.15) is 45.4 Å². The molecule has 1 rings (SSSR count).